The van der Waals surface area contributed by atoms with Gasteiger partial charge in [0, 0.05) is 9.13 Å². The van der Waals surface area contributed by atoms with Crippen molar-refractivity contribution in [2.75, 3.05) is 0 Å². The number of carbonyl (C=O) groups excluding carboxylic acids is 1. The number of hydrogen-bond donors (Lipinski definition) is 0. The van der Waals surface area contributed by atoms with Gasteiger partial charge in [-0.1, -0.05) is 54.6 Å². The molecule has 6 heteroatoms. The summed E-state index contributed by atoms with van der Waals surface area (Å²) in [6.45, 7) is 4.14. The van der Waals surface area contributed by atoms with Gasteiger partial charge in [-0.15, -0.1) is 0 Å². The number of rotatable bonds is 3. The maximum atomic E-state index is 14.0. The molecule has 0 amide bonds. The van der Waals surface area contributed by atoms with Crippen LogP contribution in [0, 0.1) is 17.4 Å². The number of fused-ring (bicyclic) bond motifs is 2. The van der Waals surface area contributed by atoms with Gasteiger partial charge in [0.2, 0.25) is 0 Å². The van der Waals surface area contributed by atoms with Gasteiger partial charge < -0.3 is 0 Å². The van der Waals surface area contributed by atoms with Gasteiger partial charge in [0.15, 0.2) is 5.82 Å². The Hall–Kier alpha value is -3.91. The molecule has 0 radical (unpaired) electrons. The molecule has 0 aliphatic heterocycles. The molecule has 6 rings (SSSR count). The number of nitrogens with zero attached hydrogens (tertiary/aromatic N) is 4. The number of para-hydroxylation sites is 2. The maximum absolute atomic E-state index is 14.0. The number of imidazole rings is 1. The topological polar surface area (TPSA) is 60.7 Å². The predicted molar refractivity (Wildman–Crippen MR) is 152 cm³/mol. The molecule has 0 saturated heterocycles. The summed E-state index contributed by atoms with van der Waals surface area (Å²) >= 11 is 2.20. The molecule has 0 aliphatic carbocycles. The molecular weight excluding hydrogens is 559 g/mol. The highest BCUT2D eigenvalue weighted by molar-refractivity contribution is 14.1. The SMILES string of the molecule is Cc1cc2nc(-c3ccccc3)c(-c3nc4ccccc4n3C(=O)c3ccccc3I)nc2cc1C. The first-order valence-corrected chi connectivity index (χ1v) is 12.7. The van der Waals surface area contributed by atoms with Crippen LogP contribution < -0.4 is 0 Å². The van der Waals surface area contributed by atoms with Crippen molar-refractivity contribution in [3.8, 4) is 22.8 Å². The number of aryl methyl sites for hydroxylation is 2. The van der Waals surface area contributed by atoms with Gasteiger partial charge in [-0.2, -0.15) is 0 Å². The highest BCUT2D eigenvalue weighted by atomic mass is 127. The number of hydrogen-bond acceptors (Lipinski definition) is 4. The lowest BCUT2D eigenvalue weighted by molar-refractivity contribution is 0.0965. The first kappa shape index (κ1) is 22.5. The first-order valence-electron chi connectivity index (χ1n) is 11.6. The largest absolute Gasteiger partial charge is 0.268 e. The van der Waals surface area contributed by atoms with Gasteiger partial charge in [-0.05, 0) is 84.0 Å². The standard InChI is InChI=1S/C30H21IN4O/c1-18-16-24-25(17-19(18)2)33-28(27(32-24)20-10-4-3-5-11-20)29-34-23-14-8-9-15-26(23)35(29)30(36)21-12-6-7-13-22(21)31/h3-17H,1-2H3. The summed E-state index contributed by atoms with van der Waals surface area (Å²) in [6, 6.07) is 29.3. The van der Waals surface area contributed by atoms with E-state index in [0.29, 0.717) is 22.8 Å². The van der Waals surface area contributed by atoms with E-state index in [0.717, 1.165) is 42.3 Å². The van der Waals surface area contributed by atoms with Crippen molar-refractivity contribution in [2.45, 2.75) is 13.8 Å². The van der Waals surface area contributed by atoms with Gasteiger partial charge in [-0.25, -0.2) is 15.0 Å². The molecule has 0 unspecified atom stereocenters. The second-order valence-corrected chi connectivity index (χ2v) is 9.92. The zero-order chi connectivity index (χ0) is 24.8. The molecule has 2 heterocycles. The summed E-state index contributed by atoms with van der Waals surface area (Å²) in [5, 5.41) is 0. The highest BCUT2D eigenvalue weighted by Crippen LogP contribution is 2.34. The molecular formula is C30H21IN4O. The molecule has 0 spiro atoms. The zero-order valence-corrected chi connectivity index (χ0v) is 21.9. The summed E-state index contributed by atoms with van der Waals surface area (Å²) in [7, 11) is 0. The van der Waals surface area contributed by atoms with Crippen LogP contribution in [0.25, 0.3) is 44.8 Å². The monoisotopic (exact) mass is 580 g/mol. The normalized spacial score (nSPS) is 11.3. The quantitative estimate of drug-likeness (QED) is 0.208. The van der Waals surface area contributed by atoms with E-state index < -0.39 is 0 Å². The average molecular weight is 580 g/mol. The second kappa shape index (κ2) is 8.95. The Morgan fingerprint density at radius 3 is 2.03 bits per heavy atom. The van der Waals surface area contributed by atoms with E-state index in [-0.39, 0.29) is 5.91 Å². The number of aromatic nitrogens is 4. The van der Waals surface area contributed by atoms with Gasteiger partial charge >= 0.3 is 0 Å². The fourth-order valence-corrected chi connectivity index (χ4v) is 5.03. The Morgan fingerprint density at radius 1 is 0.694 bits per heavy atom. The Balaban J connectivity index is 1.71. The second-order valence-electron chi connectivity index (χ2n) is 8.76. The van der Waals surface area contributed by atoms with Crippen LogP contribution in [0.3, 0.4) is 0 Å². The van der Waals surface area contributed by atoms with Crippen molar-refractivity contribution in [1.29, 1.82) is 0 Å². The highest BCUT2D eigenvalue weighted by Gasteiger charge is 2.25. The van der Waals surface area contributed by atoms with E-state index in [1.54, 1.807) is 4.57 Å². The van der Waals surface area contributed by atoms with Crippen molar-refractivity contribution in [3.63, 3.8) is 0 Å². The molecule has 6 aromatic rings. The Kier molecular flexibility index (Phi) is 5.60. The minimum atomic E-state index is -0.148. The minimum absolute atomic E-state index is 0.148. The Labute approximate surface area is 222 Å². The van der Waals surface area contributed by atoms with E-state index in [1.807, 2.05) is 84.9 Å². The van der Waals surface area contributed by atoms with E-state index in [4.69, 9.17) is 15.0 Å². The van der Waals surface area contributed by atoms with Gasteiger partial charge in [0.05, 0.1) is 27.6 Å². The molecule has 0 bridgehead atoms. The Morgan fingerprint density at radius 2 is 1.31 bits per heavy atom. The van der Waals surface area contributed by atoms with Crippen LogP contribution in [0.4, 0.5) is 0 Å². The molecule has 4 aromatic carbocycles. The molecule has 0 saturated carbocycles. The summed E-state index contributed by atoms with van der Waals surface area (Å²) in [6.07, 6.45) is 0. The third-order valence-corrected chi connectivity index (χ3v) is 7.35. The van der Waals surface area contributed by atoms with E-state index in [9.17, 15) is 4.79 Å². The predicted octanol–water partition coefficient (Wildman–Crippen LogP) is 7.22. The van der Waals surface area contributed by atoms with E-state index >= 15 is 0 Å². The third-order valence-electron chi connectivity index (χ3n) is 6.41. The van der Waals surface area contributed by atoms with Crippen molar-refractivity contribution in [3.05, 3.63) is 111 Å². The number of halogens is 1. The van der Waals surface area contributed by atoms with Crippen LogP contribution in [-0.4, -0.2) is 25.4 Å². The van der Waals surface area contributed by atoms with Gasteiger partial charge in [0.25, 0.3) is 5.91 Å². The third kappa shape index (κ3) is 3.78. The van der Waals surface area contributed by atoms with Crippen molar-refractivity contribution >= 4 is 50.6 Å². The maximum Gasteiger partial charge on any atom is 0.265 e. The first-order chi connectivity index (χ1) is 17.5. The molecule has 36 heavy (non-hydrogen) atoms. The number of benzene rings is 4. The zero-order valence-electron chi connectivity index (χ0n) is 19.7. The number of carbonyl (C=O) groups is 1. The van der Waals surface area contributed by atoms with Crippen molar-refractivity contribution in [1.82, 2.24) is 19.5 Å². The molecule has 174 valence electrons. The van der Waals surface area contributed by atoms with Crippen LogP contribution >= 0.6 is 22.6 Å². The fraction of sp³-hybridized carbons (Fsp3) is 0.0667. The summed E-state index contributed by atoms with van der Waals surface area (Å²) in [5.41, 5.74) is 8.14. The van der Waals surface area contributed by atoms with Crippen LogP contribution in [0.15, 0.2) is 91.0 Å². The van der Waals surface area contributed by atoms with Crippen molar-refractivity contribution < 1.29 is 4.79 Å². The van der Waals surface area contributed by atoms with Crippen LogP contribution in [0.1, 0.15) is 21.5 Å². The lowest BCUT2D eigenvalue weighted by Crippen LogP contribution is -2.15. The summed E-state index contributed by atoms with van der Waals surface area (Å²) < 4.78 is 2.55. The summed E-state index contributed by atoms with van der Waals surface area (Å²) in [5.74, 6) is 0.331. The lowest BCUT2D eigenvalue weighted by atomic mass is 10.1. The lowest BCUT2D eigenvalue weighted by Gasteiger charge is -2.13. The van der Waals surface area contributed by atoms with Crippen molar-refractivity contribution in [2.24, 2.45) is 0 Å². The van der Waals surface area contributed by atoms with Gasteiger partial charge in [-0.3, -0.25) is 9.36 Å². The van der Waals surface area contributed by atoms with Crippen LogP contribution in [0.5, 0.6) is 0 Å². The van der Waals surface area contributed by atoms with E-state index in [2.05, 4.69) is 42.5 Å². The van der Waals surface area contributed by atoms with Crippen LogP contribution in [0.2, 0.25) is 0 Å². The van der Waals surface area contributed by atoms with Gasteiger partial charge in [0.1, 0.15) is 11.4 Å². The minimum Gasteiger partial charge on any atom is -0.268 e. The summed E-state index contributed by atoms with van der Waals surface area (Å²) in [4.78, 5) is 29.1. The van der Waals surface area contributed by atoms with E-state index in [1.165, 1.54) is 0 Å². The molecule has 5 nitrogen and oxygen atoms in total. The molecule has 2 aromatic heterocycles. The smallest absolute Gasteiger partial charge is 0.265 e. The molecule has 0 atom stereocenters. The molecule has 0 fully saturated rings. The molecule has 0 aliphatic rings. The van der Waals surface area contributed by atoms with Crippen LogP contribution in [-0.2, 0) is 0 Å². The fourth-order valence-electron chi connectivity index (χ4n) is 4.41. The Bertz CT molecular complexity index is 1790. The average Bonchev–Trinajstić information content (AvgIpc) is 3.29. The molecule has 0 N–H and O–H groups in total.